The van der Waals surface area contributed by atoms with Gasteiger partial charge in [-0.3, -0.25) is 18.6 Å². The molecule has 0 aliphatic heterocycles. The fourth-order valence-electron chi connectivity index (χ4n) is 8.85. The lowest BCUT2D eigenvalue weighted by molar-refractivity contribution is -0.870. The number of esters is 1. The summed E-state index contributed by atoms with van der Waals surface area (Å²) in [5.74, 6) is -0.551. The van der Waals surface area contributed by atoms with E-state index in [1.807, 2.05) is 33.3 Å². The summed E-state index contributed by atoms with van der Waals surface area (Å²) in [5, 5.41) is 3.04. The van der Waals surface area contributed by atoms with E-state index in [0.717, 1.165) is 128 Å². The molecule has 80 heavy (non-hydrogen) atoms. The molecule has 10 heteroatoms. The van der Waals surface area contributed by atoms with Gasteiger partial charge >= 0.3 is 13.8 Å². The molecule has 0 aromatic rings. The number of phosphoric ester groups is 1. The molecule has 0 bridgehead atoms. The lowest BCUT2D eigenvalue weighted by atomic mass is 10.0. The number of phosphoric acid groups is 1. The van der Waals surface area contributed by atoms with Crippen LogP contribution < -0.4 is 5.32 Å². The molecule has 1 amide bonds. The number of unbranched alkanes of at least 4 members (excludes halogenated alkanes) is 26. The largest absolute Gasteiger partial charge is 0.472 e. The van der Waals surface area contributed by atoms with Gasteiger partial charge in [-0.05, 0) is 122 Å². The van der Waals surface area contributed by atoms with E-state index in [2.05, 4.69) is 123 Å². The number of hydrogen-bond donors (Lipinski definition) is 2. The number of rotatable bonds is 58. The van der Waals surface area contributed by atoms with Gasteiger partial charge in [0.25, 0.3) is 0 Å². The second-order valence-corrected chi connectivity index (χ2v) is 24.4. The zero-order valence-electron chi connectivity index (χ0n) is 52.5. The Bertz CT molecular complexity index is 1740. The minimum atomic E-state index is -4.47. The van der Waals surface area contributed by atoms with Crippen molar-refractivity contribution in [2.75, 3.05) is 40.9 Å². The van der Waals surface area contributed by atoms with Crippen LogP contribution in [0.2, 0.25) is 0 Å². The highest BCUT2D eigenvalue weighted by molar-refractivity contribution is 7.47. The fraction of sp³-hybridized carbons (Fsp3) is 0.714. The Morgan fingerprint density at radius 2 is 0.762 bits per heavy atom. The Morgan fingerprint density at radius 3 is 1.16 bits per heavy atom. The standard InChI is InChI=1S/C70H123N2O7P/c1-7-10-13-16-19-22-25-28-30-32-34-36-38-40-42-44-47-50-53-56-59-62-69(73)71-67(66-78-80(75,76)77-65-64-72(4,5)6)68(61-58-55-52-49-46-27-24-21-18-15-12-9-3)79-70(74)63-60-57-54-51-48-45-43-41-39-37-35-33-31-29-26-23-20-17-14-11-8-2/h19-20,22-23,28-31,34-37,40-43,58,61,67-68H,7-18,21,24-27,32-33,38-39,44-57,59-60,62-66H2,1-6H3,(H-,71,73,75,76)/p+1/b22-19-,23-20-,30-28-,31-29-,36-34-,37-35-,42-40-,43-41-,61-58+. The predicted molar refractivity (Wildman–Crippen MR) is 346 cm³/mol. The van der Waals surface area contributed by atoms with Gasteiger partial charge in [0, 0.05) is 12.8 Å². The Kier molecular flexibility index (Phi) is 56.4. The molecule has 0 heterocycles. The monoisotopic (exact) mass is 1140 g/mol. The number of carbonyl (C=O) groups is 2. The highest BCUT2D eigenvalue weighted by Gasteiger charge is 2.30. The van der Waals surface area contributed by atoms with E-state index in [4.69, 9.17) is 13.8 Å². The quantitative estimate of drug-likeness (QED) is 0.0205. The summed E-state index contributed by atoms with van der Waals surface area (Å²) >= 11 is 0. The van der Waals surface area contributed by atoms with Crippen molar-refractivity contribution in [3.8, 4) is 0 Å². The minimum Gasteiger partial charge on any atom is -0.456 e. The molecule has 0 rings (SSSR count). The van der Waals surface area contributed by atoms with Crippen molar-refractivity contribution in [2.24, 2.45) is 0 Å². The van der Waals surface area contributed by atoms with Gasteiger partial charge in [-0.25, -0.2) is 4.57 Å². The first-order chi connectivity index (χ1) is 38.9. The van der Waals surface area contributed by atoms with Crippen LogP contribution in [0.5, 0.6) is 0 Å². The number of amides is 1. The number of carbonyl (C=O) groups excluding carboxylic acids is 2. The number of nitrogens with one attached hydrogen (secondary N) is 1. The van der Waals surface area contributed by atoms with Crippen LogP contribution in [-0.2, 0) is 27.9 Å². The predicted octanol–water partition coefficient (Wildman–Crippen LogP) is 20.5. The zero-order chi connectivity index (χ0) is 58.6. The average Bonchev–Trinajstić information content (AvgIpc) is 3.42. The van der Waals surface area contributed by atoms with Crippen LogP contribution in [0.15, 0.2) is 109 Å². The van der Waals surface area contributed by atoms with Crippen molar-refractivity contribution < 1.29 is 37.3 Å². The first kappa shape index (κ1) is 76.7. The van der Waals surface area contributed by atoms with Crippen LogP contribution in [0.3, 0.4) is 0 Å². The van der Waals surface area contributed by atoms with Gasteiger partial charge in [-0.1, -0.05) is 246 Å². The number of quaternary nitrogens is 1. The van der Waals surface area contributed by atoms with Gasteiger partial charge in [0.15, 0.2) is 0 Å². The molecule has 0 aromatic heterocycles. The summed E-state index contributed by atoms with van der Waals surface area (Å²) in [4.78, 5) is 37.8. The fourth-order valence-corrected chi connectivity index (χ4v) is 9.58. The van der Waals surface area contributed by atoms with Gasteiger partial charge in [0.2, 0.25) is 5.91 Å². The number of allylic oxidation sites excluding steroid dienone is 17. The van der Waals surface area contributed by atoms with Gasteiger partial charge in [-0.2, -0.15) is 0 Å². The maximum absolute atomic E-state index is 13.6. The topological polar surface area (TPSA) is 111 Å². The average molecular weight is 1140 g/mol. The van der Waals surface area contributed by atoms with E-state index in [9.17, 15) is 19.0 Å². The first-order valence-electron chi connectivity index (χ1n) is 32.7. The molecule has 0 spiro atoms. The van der Waals surface area contributed by atoms with Crippen LogP contribution in [0, 0.1) is 0 Å². The third-order valence-electron chi connectivity index (χ3n) is 13.9. The molecule has 0 radical (unpaired) electrons. The molecule has 0 aliphatic rings. The van der Waals surface area contributed by atoms with Crippen LogP contribution in [0.1, 0.15) is 271 Å². The molecule has 0 aromatic carbocycles. The summed E-state index contributed by atoms with van der Waals surface area (Å²) in [6.45, 7) is 6.92. The highest BCUT2D eigenvalue weighted by atomic mass is 31.2. The molecular weight excluding hydrogens is 1010 g/mol. The first-order valence-corrected chi connectivity index (χ1v) is 34.2. The number of hydrogen-bond acceptors (Lipinski definition) is 6. The summed E-state index contributed by atoms with van der Waals surface area (Å²) in [6, 6.07) is -0.874. The maximum atomic E-state index is 13.6. The normalized spacial score (nSPS) is 14.3. The van der Waals surface area contributed by atoms with Crippen LogP contribution >= 0.6 is 7.82 Å². The second kappa shape index (κ2) is 58.9. The molecule has 3 atom stereocenters. The highest BCUT2D eigenvalue weighted by Crippen LogP contribution is 2.43. The Labute approximate surface area is 493 Å². The van der Waals surface area contributed by atoms with Crippen LogP contribution in [0.25, 0.3) is 0 Å². The summed E-state index contributed by atoms with van der Waals surface area (Å²) in [5.41, 5.74) is 0. The van der Waals surface area contributed by atoms with Crippen molar-refractivity contribution in [1.82, 2.24) is 5.32 Å². The Morgan fingerprint density at radius 1 is 0.438 bits per heavy atom. The van der Waals surface area contributed by atoms with E-state index < -0.39 is 20.0 Å². The van der Waals surface area contributed by atoms with Gasteiger partial charge in [0.1, 0.15) is 19.3 Å². The smallest absolute Gasteiger partial charge is 0.456 e. The van der Waals surface area contributed by atoms with Crippen molar-refractivity contribution >= 4 is 19.7 Å². The van der Waals surface area contributed by atoms with E-state index in [0.29, 0.717) is 23.9 Å². The molecule has 0 saturated heterocycles. The van der Waals surface area contributed by atoms with Gasteiger partial charge in [-0.15, -0.1) is 0 Å². The zero-order valence-corrected chi connectivity index (χ0v) is 53.4. The third-order valence-corrected chi connectivity index (χ3v) is 14.9. The molecular formula is C70H124N2O7P+. The van der Waals surface area contributed by atoms with Crippen molar-refractivity contribution in [3.63, 3.8) is 0 Å². The van der Waals surface area contributed by atoms with Crippen molar-refractivity contribution in [2.45, 2.75) is 283 Å². The summed E-state index contributed by atoms with van der Waals surface area (Å²) in [6.07, 6.45) is 80.8. The van der Waals surface area contributed by atoms with E-state index in [1.54, 1.807) is 0 Å². The molecule has 0 aliphatic carbocycles. The van der Waals surface area contributed by atoms with E-state index in [-0.39, 0.29) is 31.5 Å². The van der Waals surface area contributed by atoms with E-state index in [1.165, 1.54) is 103 Å². The van der Waals surface area contributed by atoms with Crippen LogP contribution in [-0.4, -0.2) is 74.3 Å². The minimum absolute atomic E-state index is 0.0274. The second-order valence-electron chi connectivity index (χ2n) is 22.9. The third kappa shape index (κ3) is 59.3. The molecule has 460 valence electrons. The molecule has 0 fully saturated rings. The summed E-state index contributed by atoms with van der Waals surface area (Å²) in [7, 11) is 1.46. The maximum Gasteiger partial charge on any atom is 0.472 e. The number of nitrogens with zero attached hydrogens (tertiary/aromatic N) is 1. The summed E-state index contributed by atoms with van der Waals surface area (Å²) < 4.78 is 30.7. The van der Waals surface area contributed by atoms with Crippen molar-refractivity contribution in [1.29, 1.82) is 0 Å². The Hall–Kier alpha value is -3.33. The van der Waals surface area contributed by atoms with E-state index >= 15 is 0 Å². The molecule has 0 saturated carbocycles. The molecule has 9 nitrogen and oxygen atoms in total. The van der Waals surface area contributed by atoms with Gasteiger partial charge in [0.05, 0.1) is 33.8 Å². The molecule has 3 unspecified atom stereocenters. The van der Waals surface area contributed by atoms with Crippen molar-refractivity contribution in [3.05, 3.63) is 109 Å². The lowest BCUT2D eigenvalue weighted by Gasteiger charge is -2.27. The van der Waals surface area contributed by atoms with Crippen LogP contribution in [0.4, 0.5) is 0 Å². The number of likely N-dealkylation sites (N-methyl/N-ethyl adjacent to an activating group) is 1. The van der Waals surface area contributed by atoms with Gasteiger partial charge < -0.3 is 19.4 Å². The SMILES string of the molecule is CCCCC/C=C\C/C=C\C/C=C\C/C=C\CCCCCCCC(=O)NC(COP(=O)(O)OCC[N+](C)(C)C)C(/C=C/CCCCCCCCCCCC)OC(=O)CCCCCCC/C=C\C/C=C\C/C=C\C/C=C\CCCCC. The lowest BCUT2D eigenvalue weighted by Crippen LogP contribution is -2.47. The molecule has 2 N–H and O–H groups in total. The Balaban J connectivity index is 5.30. The number of ether oxygens (including phenoxy) is 1.